The third kappa shape index (κ3) is 4.32. The van der Waals surface area contributed by atoms with Crippen LogP contribution in [0.1, 0.15) is 21.5 Å². The molecule has 0 saturated heterocycles. The number of hydrogen-bond donors (Lipinski definition) is 0. The SMILES string of the molecule is Cc1ccc(C(=O)C=C([Se]c2ccccc2)c2ccccc2)cc1. The minimum absolute atomic E-state index is 0.0617. The number of carbonyl (C=O) groups is 1. The molecule has 3 rings (SSSR count). The van der Waals surface area contributed by atoms with Crippen LogP contribution < -0.4 is 4.46 Å². The molecule has 118 valence electrons. The summed E-state index contributed by atoms with van der Waals surface area (Å²) in [4.78, 5) is 12.7. The van der Waals surface area contributed by atoms with Gasteiger partial charge < -0.3 is 0 Å². The summed E-state index contributed by atoms with van der Waals surface area (Å²) in [5, 5.41) is 0. The van der Waals surface area contributed by atoms with E-state index in [4.69, 9.17) is 0 Å². The van der Waals surface area contributed by atoms with Gasteiger partial charge in [-0.3, -0.25) is 0 Å². The topological polar surface area (TPSA) is 17.1 Å². The van der Waals surface area contributed by atoms with Crippen molar-refractivity contribution >= 4 is 29.7 Å². The van der Waals surface area contributed by atoms with Gasteiger partial charge in [0.05, 0.1) is 0 Å². The normalized spacial score (nSPS) is 11.3. The van der Waals surface area contributed by atoms with Crippen LogP contribution >= 0.6 is 0 Å². The molecule has 3 aromatic rings. The first-order chi connectivity index (χ1) is 11.7. The van der Waals surface area contributed by atoms with E-state index in [1.807, 2.05) is 67.6 Å². The van der Waals surface area contributed by atoms with E-state index in [9.17, 15) is 4.79 Å². The second-order valence-electron chi connectivity index (χ2n) is 5.52. The Morgan fingerprint density at radius 1 is 0.750 bits per heavy atom. The van der Waals surface area contributed by atoms with Crippen LogP contribution in [0.2, 0.25) is 0 Å². The summed E-state index contributed by atoms with van der Waals surface area (Å²) in [6.45, 7) is 2.03. The van der Waals surface area contributed by atoms with Crippen LogP contribution in [0.5, 0.6) is 0 Å². The quantitative estimate of drug-likeness (QED) is 0.369. The van der Waals surface area contributed by atoms with Gasteiger partial charge in [0.2, 0.25) is 0 Å². The molecular weight excluding hydrogens is 359 g/mol. The summed E-state index contributed by atoms with van der Waals surface area (Å²) in [5.41, 5.74) is 3.01. The number of carbonyl (C=O) groups excluding carboxylic acids is 1. The van der Waals surface area contributed by atoms with Crippen molar-refractivity contribution in [3.05, 3.63) is 108 Å². The maximum absolute atomic E-state index is 12.7. The van der Waals surface area contributed by atoms with Crippen LogP contribution in [0.3, 0.4) is 0 Å². The molecule has 0 spiro atoms. The molecule has 0 radical (unpaired) electrons. The molecule has 0 bridgehead atoms. The first-order valence-corrected chi connectivity index (χ1v) is 9.55. The molecule has 0 aliphatic carbocycles. The molecule has 0 aliphatic rings. The van der Waals surface area contributed by atoms with Gasteiger partial charge in [0.1, 0.15) is 0 Å². The first-order valence-electron chi connectivity index (χ1n) is 7.83. The summed E-state index contributed by atoms with van der Waals surface area (Å²) in [5.74, 6) is 0.0617. The van der Waals surface area contributed by atoms with E-state index in [1.165, 1.54) is 4.46 Å². The number of hydrogen-bond acceptors (Lipinski definition) is 1. The molecule has 0 aliphatic heterocycles. The average molecular weight is 377 g/mol. The Morgan fingerprint density at radius 2 is 1.33 bits per heavy atom. The van der Waals surface area contributed by atoms with Gasteiger partial charge in [0.25, 0.3) is 0 Å². The molecule has 0 unspecified atom stereocenters. The zero-order chi connectivity index (χ0) is 16.8. The Hall–Kier alpha value is -2.41. The molecule has 0 fully saturated rings. The number of rotatable bonds is 5. The molecule has 1 nitrogen and oxygen atoms in total. The molecule has 24 heavy (non-hydrogen) atoms. The minimum atomic E-state index is 0.0617. The van der Waals surface area contributed by atoms with Gasteiger partial charge in [-0.2, -0.15) is 0 Å². The van der Waals surface area contributed by atoms with Crippen LogP contribution in [-0.4, -0.2) is 20.7 Å². The van der Waals surface area contributed by atoms with Crippen molar-refractivity contribution in [2.24, 2.45) is 0 Å². The Balaban J connectivity index is 1.94. The Labute approximate surface area is 149 Å². The van der Waals surface area contributed by atoms with Gasteiger partial charge in [-0.25, -0.2) is 0 Å². The van der Waals surface area contributed by atoms with E-state index in [2.05, 4.69) is 24.3 Å². The van der Waals surface area contributed by atoms with Crippen molar-refractivity contribution in [1.29, 1.82) is 0 Å². The van der Waals surface area contributed by atoms with E-state index < -0.39 is 0 Å². The van der Waals surface area contributed by atoms with Crippen molar-refractivity contribution in [3.63, 3.8) is 0 Å². The third-order valence-corrected chi connectivity index (χ3v) is 5.90. The van der Waals surface area contributed by atoms with E-state index in [0.717, 1.165) is 21.2 Å². The summed E-state index contributed by atoms with van der Waals surface area (Å²) in [6.07, 6.45) is 1.80. The van der Waals surface area contributed by atoms with Crippen LogP contribution in [0, 0.1) is 6.92 Å². The van der Waals surface area contributed by atoms with Gasteiger partial charge in [0.15, 0.2) is 0 Å². The molecule has 3 aromatic carbocycles. The van der Waals surface area contributed by atoms with Gasteiger partial charge in [0, 0.05) is 0 Å². The van der Waals surface area contributed by atoms with E-state index >= 15 is 0 Å². The maximum atomic E-state index is 12.7. The van der Waals surface area contributed by atoms with Crippen molar-refractivity contribution in [2.45, 2.75) is 6.92 Å². The van der Waals surface area contributed by atoms with Gasteiger partial charge in [-0.1, -0.05) is 0 Å². The Kier molecular flexibility index (Phi) is 5.43. The first kappa shape index (κ1) is 16.4. The predicted octanol–water partition coefficient (Wildman–Crippen LogP) is 4.25. The van der Waals surface area contributed by atoms with Crippen LogP contribution in [-0.2, 0) is 0 Å². The van der Waals surface area contributed by atoms with E-state index in [-0.39, 0.29) is 20.7 Å². The predicted molar refractivity (Wildman–Crippen MR) is 102 cm³/mol. The van der Waals surface area contributed by atoms with Crippen molar-refractivity contribution in [3.8, 4) is 0 Å². The molecule has 0 saturated carbocycles. The van der Waals surface area contributed by atoms with Crippen LogP contribution in [0.4, 0.5) is 0 Å². The zero-order valence-electron chi connectivity index (χ0n) is 13.5. The van der Waals surface area contributed by atoms with Crippen molar-refractivity contribution in [1.82, 2.24) is 0 Å². The van der Waals surface area contributed by atoms with E-state index in [1.54, 1.807) is 6.08 Å². The number of benzene rings is 3. The molecule has 0 atom stereocenters. The molecular formula is C22H18OSe. The fourth-order valence-electron chi connectivity index (χ4n) is 2.31. The Bertz CT molecular complexity index is 834. The molecule has 0 aromatic heterocycles. The molecule has 0 heterocycles. The van der Waals surface area contributed by atoms with Crippen LogP contribution in [0.15, 0.2) is 91.0 Å². The third-order valence-electron chi connectivity index (χ3n) is 3.63. The van der Waals surface area contributed by atoms with Gasteiger partial charge in [-0.05, 0) is 0 Å². The summed E-state index contributed by atoms with van der Waals surface area (Å²) < 4.78 is 2.36. The Morgan fingerprint density at radius 3 is 1.96 bits per heavy atom. The fourth-order valence-corrected chi connectivity index (χ4v) is 4.34. The van der Waals surface area contributed by atoms with Crippen molar-refractivity contribution in [2.75, 3.05) is 0 Å². The second-order valence-corrected chi connectivity index (χ2v) is 7.86. The summed E-state index contributed by atoms with van der Waals surface area (Å²) in [7, 11) is 0. The molecule has 0 N–H and O–H groups in total. The molecule has 0 amide bonds. The average Bonchev–Trinajstić information content (AvgIpc) is 2.63. The standard InChI is InChI=1S/C22H18OSe/c1-17-12-14-18(15-13-17)21(23)16-22(19-8-4-2-5-9-19)24-20-10-6-3-7-11-20/h2-16H,1H3. The monoisotopic (exact) mass is 378 g/mol. The molecule has 2 heteroatoms. The number of aryl methyl sites for hydroxylation is 1. The fraction of sp³-hybridized carbons (Fsp3) is 0.0455. The summed E-state index contributed by atoms with van der Waals surface area (Å²) >= 11 is 0.0863. The zero-order valence-corrected chi connectivity index (χ0v) is 15.2. The van der Waals surface area contributed by atoms with Gasteiger partial charge >= 0.3 is 149 Å². The second kappa shape index (κ2) is 7.92. The van der Waals surface area contributed by atoms with Gasteiger partial charge in [-0.15, -0.1) is 0 Å². The number of allylic oxidation sites excluding steroid dienone is 1. The number of ketones is 1. The summed E-state index contributed by atoms with van der Waals surface area (Å²) in [6, 6.07) is 28.2. The van der Waals surface area contributed by atoms with Crippen LogP contribution in [0.25, 0.3) is 4.47 Å². The van der Waals surface area contributed by atoms with E-state index in [0.29, 0.717) is 0 Å². The van der Waals surface area contributed by atoms with Crippen molar-refractivity contribution < 1.29 is 4.79 Å².